The minimum absolute atomic E-state index is 0.484. The first-order valence-electron chi connectivity index (χ1n) is 6.44. The quantitative estimate of drug-likeness (QED) is 0.788. The SMILES string of the molecule is CC(C)C1CN(c2ccc(I)cc2Cl)C(C)CN1. The van der Waals surface area contributed by atoms with Crippen LogP contribution in [-0.2, 0) is 0 Å². The van der Waals surface area contributed by atoms with Gasteiger partial charge in [-0.3, -0.25) is 0 Å². The second-order valence-corrected chi connectivity index (χ2v) is 7.01. The summed E-state index contributed by atoms with van der Waals surface area (Å²) in [5, 5.41) is 4.47. The van der Waals surface area contributed by atoms with Gasteiger partial charge in [0.15, 0.2) is 0 Å². The summed E-state index contributed by atoms with van der Waals surface area (Å²) in [4.78, 5) is 2.43. The highest BCUT2D eigenvalue weighted by atomic mass is 127. The highest BCUT2D eigenvalue weighted by molar-refractivity contribution is 14.1. The molecule has 1 saturated heterocycles. The van der Waals surface area contributed by atoms with E-state index in [1.807, 2.05) is 6.07 Å². The maximum atomic E-state index is 6.39. The van der Waals surface area contributed by atoms with E-state index in [-0.39, 0.29) is 0 Å². The van der Waals surface area contributed by atoms with Crippen LogP contribution in [0.3, 0.4) is 0 Å². The van der Waals surface area contributed by atoms with E-state index in [9.17, 15) is 0 Å². The van der Waals surface area contributed by atoms with Crippen molar-refractivity contribution in [3.8, 4) is 0 Å². The van der Waals surface area contributed by atoms with Crippen LogP contribution < -0.4 is 10.2 Å². The average molecular weight is 379 g/mol. The fourth-order valence-electron chi connectivity index (χ4n) is 2.39. The lowest BCUT2D eigenvalue weighted by Crippen LogP contribution is -2.57. The van der Waals surface area contributed by atoms with Crippen LogP contribution in [-0.4, -0.2) is 25.2 Å². The molecule has 100 valence electrons. The zero-order valence-electron chi connectivity index (χ0n) is 11.1. The summed E-state index contributed by atoms with van der Waals surface area (Å²) in [5.74, 6) is 0.641. The number of benzene rings is 1. The molecule has 1 fully saturated rings. The van der Waals surface area contributed by atoms with Gasteiger partial charge in [-0.25, -0.2) is 0 Å². The Morgan fingerprint density at radius 2 is 2.17 bits per heavy atom. The van der Waals surface area contributed by atoms with Gasteiger partial charge in [-0.2, -0.15) is 0 Å². The number of anilines is 1. The predicted octanol–water partition coefficient (Wildman–Crippen LogP) is 3.77. The molecule has 0 bridgehead atoms. The number of nitrogens with one attached hydrogen (secondary N) is 1. The van der Waals surface area contributed by atoms with E-state index in [1.54, 1.807) is 0 Å². The Morgan fingerprint density at radius 1 is 1.44 bits per heavy atom. The van der Waals surface area contributed by atoms with Gasteiger partial charge in [0.05, 0.1) is 10.7 Å². The Hall–Kier alpha value is -0.000000000000000132. The molecular formula is C14H20ClIN2. The largest absolute Gasteiger partial charge is 0.365 e. The fourth-order valence-corrected chi connectivity index (χ4v) is 3.35. The predicted molar refractivity (Wildman–Crippen MR) is 87.6 cm³/mol. The van der Waals surface area contributed by atoms with Gasteiger partial charge in [-0.15, -0.1) is 0 Å². The number of halogens is 2. The van der Waals surface area contributed by atoms with Crippen molar-refractivity contribution in [2.75, 3.05) is 18.0 Å². The maximum Gasteiger partial charge on any atom is 0.0650 e. The zero-order chi connectivity index (χ0) is 13.3. The van der Waals surface area contributed by atoms with Crippen molar-refractivity contribution in [1.29, 1.82) is 0 Å². The summed E-state index contributed by atoms with van der Waals surface area (Å²) in [6, 6.07) is 7.33. The molecule has 18 heavy (non-hydrogen) atoms. The maximum absolute atomic E-state index is 6.39. The van der Waals surface area contributed by atoms with E-state index in [0.29, 0.717) is 18.0 Å². The second kappa shape index (κ2) is 5.97. The zero-order valence-corrected chi connectivity index (χ0v) is 14.0. The molecule has 2 rings (SSSR count). The third kappa shape index (κ3) is 3.11. The first kappa shape index (κ1) is 14.4. The van der Waals surface area contributed by atoms with Gasteiger partial charge >= 0.3 is 0 Å². The van der Waals surface area contributed by atoms with Crippen molar-refractivity contribution in [2.24, 2.45) is 5.92 Å². The van der Waals surface area contributed by atoms with Crippen molar-refractivity contribution < 1.29 is 0 Å². The molecule has 1 aromatic carbocycles. The lowest BCUT2D eigenvalue weighted by molar-refractivity contribution is 0.337. The van der Waals surface area contributed by atoms with Crippen LogP contribution in [0.4, 0.5) is 5.69 Å². The Balaban J connectivity index is 2.24. The second-order valence-electron chi connectivity index (χ2n) is 5.36. The van der Waals surface area contributed by atoms with E-state index >= 15 is 0 Å². The molecule has 0 aliphatic carbocycles. The fraction of sp³-hybridized carbons (Fsp3) is 0.571. The molecule has 1 aliphatic heterocycles. The van der Waals surface area contributed by atoms with E-state index in [2.05, 4.69) is 65.7 Å². The van der Waals surface area contributed by atoms with Crippen molar-refractivity contribution in [1.82, 2.24) is 5.32 Å². The van der Waals surface area contributed by atoms with Crippen LogP contribution >= 0.6 is 34.2 Å². The Kier molecular flexibility index (Phi) is 4.78. The van der Waals surface area contributed by atoms with E-state index in [1.165, 1.54) is 3.57 Å². The molecule has 1 aromatic rings. The molecule has 0 aromatic heterocycles. The van der Waals surface area contributed by atoms with Gasteiger partial charge in [0.2, 0.25) is 0 Å². The molecule has 2 unspecified atom stereocenters. The number of hydrogen-bond donors (Lipinski definition) is 1. The van der Waals surface area contributed by atoms with Gasteiger partial charge in [-0.1, -0.05) is 25.4 Å². The molecule has 4 heteroatoms. The molecule has 1 heterocycles. The van der Waals surface area contributed by atoms with Gasteiger partial charge in [0, 0.05) is 28.7 Å². The highest BCUT2D eigenvalue weighted by Gasteiger charge is 2.27. The smallest absolute Gasteiger partial charge is 0.0650 e. The molecule has 2 atom stereocenters. The highest BCUT2D eigenvalue weighted by Crippen LogP contribution is 2.30. The van der Waals surface area contributed by atoms with Crippen LogP contribution in [0.25, 0.3) is 0 Å². The third-order valence-corrected chi connectivity index (χ3v) is 4.60. The van der Waals surface area contributed by atoms with E-state index < -0.39 is 0 Å². The minimum atomic E-state index is 0.484. The molecule has 0 amide bonds. The van der Waals surface area contributed by atoms with E-state index in [4.69, 9.17) is 11.6 Å². The van der Waals surface area contributed by atoms with Crippen LogP contribution in [0.5, 0.6) is 0 Å². The van der Waals surface area contributed by atoms with Crippen molar-refractivity contribution in [3.05, 3.63) is 26.8 Å². The summed E-state index contributed by atoms with van der Waals surface area (Å²) in [6.07, 6.45) is 0. The van der Waals surface area contributed by atoms with Crippen LogP contribution in [0.15, 0.2) is 18.2 Å². The Bertz CT molecular complexity index is 422. The van der Waals surface area contributed by atoms with Gasteiger partial charge < -0.3 is 10.2 Å². The van der Waals surface area contributed by atoms with Gasteiger partial charge in [0.1, 0.15) is 0 Å². The molecular weight excluding hydrogens is 359 g/mol. The third-order valence-electron chi connectivity index (χ3n) is 3.62. The molecule has 2 nitrogen and oxygen atoms in total. The van der Waals surface area contributed by atoms with Crippen LogP contribution in [0.2, 0.25) is 5.02 Å². The van der Waals surface area contributed by atoms with Crippen LogP contribution in [0, 0.1) is 9.49 Å². The van der Waals surface area contributed by atoms with Crippen molar-refractivity contribution >= 4 is 39.9 Å². The molecule has 0 radical (unpaired) electrons. The summed E-state index contributed by atoms with van der Waals surface area (Å²) in [6.45, 7) is 8.82. The summed E-state index contributed by atoms with van der Waals surface area (Å²) < 4.78 is 1.18. The normalized spacial score (nSPS) is 24.7. The summed E-state index contributed by atoms with van der Waals surface area (Å²) in [7, 11) is 0. The van der Waals surface area contributed by atoms with E-state index in [0.717, 1.165) is 23.8 Å². The van der Waals surface area contributed by atoms with Gasteiger partial charge in [-0.05, 0) is 53.6 Å². The lowest BCUT2D eigenvalue weighted by atomic mass is 9.99. The molecule has 0 saturated carbocycles. The van der Waals surface area contributed by atoms with Gasteiger partial charge in [0.25, 0.3) is 0 Å². The average Bonchev–Trinajstić information content (AvgIpc) is 2.30. The lowest BCUT2D eigenvalue weighted by Gasteiger charge is -2.42. The minimum Gasteiger partial charge on any atom is -0.365 e. The van der Waals surface area contributed by atoms with Crippen molar-refractivity contribution in [3.63, 3.8) is 0 Å². The monoisotopic (exact) mass is 378 g/mol. The Morgan fingerprint density at radius 3 is 2.78 bits per heavy atom. The molecule has 1 N–H and O–H groups in total. The number of hydrogen-bond acceptors (Lipinski definition) is 2. The molecule has 0 spiro atoms. The first-order valence-corrected chi connectivity index (χ1v) is 7.89. The topological polar surface area (TPSA) is 15.3 Å². The Labute approximate surface area is 128 Å². The standard InChI is InChI=1S/C14H20ClIN2/c1-9(2)13-8-18(10(3)7-17-13)14-5-4-11(16)6-12(14)15/h4-6,9-10,13,17H,7-8H2,1-3H3. The van der Waals surface area contributed by atoms with Crippen LogP contribution in [0.1, 0.15) is 20.8 Å². The molecule has 1 aliphatic rings. The number of nitrogens with zero attached hydrogens (tertiary/aromatic N) is 1. The summed E-state index contributed by atoms with van der Waals surface area (Å²) in [5.41, 5.74) is 1.16. The number of piperazine rings is 1. The summed E-state index contributed by atoms with van der Waals surface area (Å²) >= 11 is 8.69. The number of rotatable bonds is 2. The first-order chi connectivity index (χ1) is 8.49. The van der Waals surface area contributed by atoms with Crippen molar-refractivity contribution in [2.45, 2.75) is 32.9 Å².